The highest BCUT2D eigenvalue weighted by atomic mass is 16.5. The molecule has 0 heterocycles. The van der Waals surface area contributed by atoms with E-state index in [9.17, 15) is 9.90 Å². The largest absolute Gasteiger partial charge is 0.508 e. The van der Waals surface area contributed by atoms with Gasteiger partial charge in [-0.05, 0) is 67.3 Å². The lowest BCUT2D eigenvalue weighted by molar-refractivity contribution is 0.0940. The number of ether oxygens (including phenoxy) is 1. The summed E-state index contributed by atoms with van der Waals surface area (Å²) >= 11 is 0. The van der Waals surface area contributed by atoms with E-state index >= 15 is 0 Å². The molecule has 0 aromatic heterocycles. The SMILES string of the molecule is CCC(C)(C)c1ccc(Oc2ccc(O)cc2C(=O)NC(C)C)c(C(C)(C)CC)c1. The molecule has 4 nitrogen and oxygen atoms in total. The zero-order valence-electron chi connectivity index (χ0n) is 19.7. The highest BCUT2D eigenvalue weighted by Crippen LogP contribution is 2.41. The third-order valence-corrected chi connectivity index (χ3v) is 6.11. The van der Waals surface area contributed by atoms with Crippen LogP contribution in [0.4, 0.5) is 0 Å². The van der Waals surface area contributed by atoms with Crippen LogP contribution in [0.2, 0.25) is 0 Å². The van der Waals surface area contributed by atoms with Gasteiger partial charge in [-0.2, -0.15) is 0 Å². The lowest BCUT2D eigenvalue weighted by atomic mass is 9.76. The predicted molar refractivity (Wildman–Crippen MR) is 124 cm³/mol. The molecular weight excluding hydrogens is 374 g/mol. The maximum absolute atomic E-state index is 12.7. The minimum atomic E-state index is -0.268. The van der Waals surface area contributed by atoms with Gasteiger partial charge in [-0.25, -0.2) is 0 Å². The molecule has 4 heteroatoms. The van der Waals surface area contributed by atoms with Crippen LogP contribution in [-0.4, -0.2) is 17.1 Å². The van der Waals surface area contributed by atoms with Crippen molar-refractivity contribution in [1.29, 1.82) is 0 Å². The van der Waals surface area contributed by atoms with Gasteiger partial charge in [0.1, 0.15) is 17.2 Å². The fourth-order valence-electron chi connectivity index (χ4n) is 3.21. The van der Waals surface area contributed by atoms with Crippen LogP contribution < -0.4 is 10.1 Å². The molecular formula is C26H37NO3. The Hall–Kier alpha value is -2.49. The van der Waals surface area contributed by atoms with Gasteiger partial charge in [0.25, 0.3) is 5.91 Å². The van der Waals surface area contributed by atoms with E-state index in [2.05, 4.69) is 59.0 Å². The molecule has 0 aliphatic rings. The normalized spacial score (nSPS) is 12.2. The van der Waals surface area contributed by atoms with Gasteiger partial charge < -0.3 is 15.2 Å². The molecule has 1 amide bonds. The van der Waals surface area contributed by atoms with Gasteiger partial charge in [0, 0.05) is 11.6 Å². The highest BCUT2D eigenvalue weighted by molar-refractivity contribution is 5.97. The molecule has 2 N–H and O–H groups in total. The van der Waals surface area contributed by atoms with E-state index in [4.69, 9.17) is 4.74 Å². The Morgan fingerprint density at radius 3 is 2.13 bits per heavy atom. The summed E-state index contributed by atoms with van der Waals surface area (Å²) in [6.07, 6.45) is 1.99. The van der Waals surface area contributed by atoms with Gasteiger partial charge in [0.2, 0.25) is 0 Å². The average Bonchev–Trinajstić information content (AvgIpc) is 2.68. The van der Waals surface area contributed by atoms with Gasteiger partial charge in [-0.3, -0.25) is 4.79 Å². The van der Waals surface area contributed by atoms with Crippen LogP contribution in [0.3, 0.4) is 0 Å². The first-order valence-electron chi connectivity index (χ1n) is 10.9. The molecule has 0 unspecified atom stereocenters. The van der Waals surface area contributed by atoms with Gasteiger partial charge in [-0.15, -0.1) is 0 Å². The number of carbonyl (C=O) groups excluding carboxylic acids is 1. The van der Waals surface area contributed by atoms with Crippen molar-refractivity contribution in [1.82, 2.24) is 5.32 Å². The minimum absolute atomic E-state index is 0.0159. The van der Waals surface area contributed by atoms with Crippen molar-refractivity contribution in [2.75, 3.05) is 0 Å². The summed E-state index contributed by atoms with van der Waals surface area (Å²) in [7, 11) is 0. The van der Waals surface area contributed by atoms with Crippen molar-refractivity contribution in [2.45, 2.75) is 85.1 Å². The van der Waals surface area contributed by atoms with E-state index in [1.165, 1.54) is 11.6 Å². The average molecular weight is 412 g/mol. The molecule has 0 radical (unpaired) electrons. The summed E-state index contributed by atoms with van der Waals surface area (Å²) in [6.45, 7) is 17.1. The Morgan fingerprint density at radius 1 is 0.967 bits per heavy atom. The molecule has 0 atom stereocenters. The number of carbonyl (C=O) groups is 1. The summed E-state index contributed by atoms with van der Waals surface area (Å²) in [4.78, 5) is 12.7. The van der Waals surface area contributed by atoms with Gasteiger partial charge >= 0.3 is 0 Å². The van der Waals surface area contributed by atoms with Crippen LogP contribution in [-0.2, 0) is 10.8 Å². The first-order valence-corrected chi connectivity index (χ1v) is 10.9. The smallest absolute Gasteiger partial charge is 0.255 e. The molecule has 2 aromatic carbocycles. The molecule has 164 valence electrons. The second kappa shape index (κ2) is 9.11. The number of rotatable bonds is 8. The summed E-state index contributed by atoms with van der Waals surface area (Å²) in [5, 5.41) is 12.8. The molecule has 0 saturated carbocycles. The zero-order chi connectivity index (χ0) is 22.7. The van der Waals surface area contributed by atoms with E-state index < -0.39 is 0 Å². The lowest BCUT2D eigenvalue weighted by Gasteiger charge is -2.30. The maximum Gasteiger partial charge on any atom is 0.255 e. The van der Waals surface area contributed by atoms with Crippen molar-refractivity contribution in [3.05, 3.63) is 53.1 Å². The zero-order valence-corrected chi connectivity index (χ0v) is 19.7. The van der Waals surface area contributed by atoms with Crippen LogP contribution >= 0.6 is 0 Å². The molecule has 2 rings (SSSR count). The molecule has 30 heavy (non-hydrogen) atoms. The quantitative estimate of drug-likeness (QED) is 0.508. The van der Waals surface area contributed by atoms with Crippen LogP contribution in [0, 0.1) is 0 Å². The minimum Gasteiger partial charge on any atom is -0.508 e. The second-order valence-corrected chi connectivity index (χ2v) is 9.60. The Bertz CT molecular complexity index is 897. The van der Waals surface area contributed by atoms with E-state index in [0.29, 0.717) is 11.3 Å². The fourth-order valence-corrected chi connectivity index (χ4v) is 3.21. The standard InChI is InChI=1S/C26H37NO3/c1-9-25(5,6)18-11-13-23(21(15-18)26(7,8)10-2)30-22-14-12-19(28)16-20(22)24(29)27-17(3)4/h11-17,28H,9-10H2,1-8H3,(H,27,29). The Balaban J connectivity index is 2.57. The van der Waals surface area contributed by atoms with Crippen molar-refractivity contribution in [3.8, 4) is 17.2 Å². The molecule has 0 spiro atoms. The van der Waals surface area contributed by atoms with E-state index in [0.717, 1.165) is 24.2 Å². The van der Waals surface area contributed by atoms with Crippen LogP contribution in [0.1, 0.15) is 89.7 Å². The van der Waals surface area contributed by atoms with Crippen molar-refractivity contribution in [3.63, 3.8) is 0 Å². The van der Waals surface area contributed by atoms with E-state index in [-0.39, 0.29) is 28.5 Å². The Morgan fingerprint density at radius 2 is 1.57 bits per heavy atom. The van der Waals surface area contributed by atoms with Gasteiger partial charge in [-0.1, -0.05) is 53.7 Å². The Kier molecular flexibility index (Phi) is 7.23. The fraction of sp³-hybridized carbons (Fsp3) is 0.500. The monoisotopic (exact) mass is 411 g/mol. The predicted octanol–water partition coefficient (Wildman–Crippen LogP) is 6.70. The molecule has 2 aromatic rings. The summed E-state index contributed by atoms with van der Waals surface area (Å²) < 4.78 is 6.32. The number of phenolic OH excluding ortho intramolecular Hbond substituents is 1. The molecule has 0 fully saturated rings. The topological polar surface area (TPSA) is 58.6 Å². The Labute approximate surface area is 181 Å². The van der Waals surface area contributed by atoms with E-state index in [1.807, 2.05) is 19.9 Å². The first-order chi connectivity index (χ1) is 13.9. The first kappa shape index (κ1) is 23.8. The second-order valence-electron chi connectivity index (χ2n) is 9.60. The van der Waals surface area contributed by atoms with Crippen LogP contribution in [0.25, 0.3) is 0 Å². The molecule has 0 saturated heterocycles. The van der Waals surface area contributed by atoms with Crippen LogP contribution in [0.5, 0.6) is 17.2 Å². The number of benzene rings is 2. The van der Waals surface area contributed by atoms with E-state index in [1.54, 1.807) is 12.1 Å². The third kappa shape index (κ3) is 5.35. The molecule has 0 bridgehead atoms. The van der Waals surface area contributed by atoms with Gasteiger partial charge in [0.15, 0.2) is 0 Å². The number of hydrogen-bond donors (Lipinski definition) is 2. The van der Waals surface area contributed by atoms with Crippen molar-refractivity contribution in [2.24, 2.45) is 0 Å². The summed E-state index contributed by atoms with van der Waals surface area (Å²) in [5.74, 6) is 0.935. The number of phenols is 1. The molecule has 0 aliphatic heterocycles. The lowest BCUT2D eigenvalue weighted by Crippen LogP contribution is -2.30. The molecule has 0 aliphatic carbocycles. The number of hydrogen-bond acceptors (Lipinski definition) is 3. The number of nitrogens with one attached hydrogen (secondary N) is 1. The number of aromatic hydroxyl groups is 1. The van der Waals surface area contributed by atoms with Crippen LogP contribution in [0.15, 0.2) is 36.4 Å². The van der Waals surface area contributed by atoms with Gasteiger partial charge in [0.05, 0.1) is 5.56 Å². The number of amides is 1. The third-order valence-electron chi connectivity index (χ3n) is 6.11. The summed E-state index contributed by atoms with van der Waals surface area (Å²) in [5.41, 5.74) is 2.69. The summed E-state index contributed by atoms with van der Waals surface area (Å²) in [6, 6.07) is 11.0. The highest BCUT2D eigenvalue weighted by Gasteiger charge is 2.27. The van der Waals surface area contributed by atoms with Crippen molar-refractivity contribution < 1.29 is 14.6 Å². The van der Waals surface area contributed by atoms with Crippen molar-refractivity contribution >= 4 is 5.91 Å². The maximum atomic E-state index is 12.7.